The van der Waals surface area contributed by atoms with E-state index in [1.165, 1.54) is 61.1 Å². The van der Waals surface area contributed by atoms with Gasteiger partial charge in [-0.05, 0) is 75.4 Å². The Morgan fingerprint density at radius 1 is 0.594 bits per heavy atom. The summed E-state index contributed by atoms with van der Waals surface area (Å²) in [6, 6.07) is 16.1. The number of para-hydroxylation sites is 1. The van der Waals surface area contributed by atoms with Crippen LogP contribution < -0.4 is 16.2 Å². The zero-order valence-corrected chi connectivity index (χ0v) is 21.8. The van der Waals surface area contributed by atoms with Gasteiger partial charge in [0.15, 0.2) is 0 Å². The molecule has 0 saturated heterocycles. The van der Waals surface area contributed by atoms with E-state index in [0.717, 1.165) is 0 Å². The van der Waals surface area contributed by atoms with E-state index < -0.39 is 0 Å². The van der Waals surface area contributed by atoms with Gasteiger partial charge >= 0.3 is 6.85 Å². The van der Waals surface area contributed by atoms with Crippen molar-refractivity contribution in [2.75, 3.05) is 5.23 Å². The predicted molar refractivity (Wildman–Crippen MR) is 145 cm³/mol. The second-order valence-corrected chi connectivity index (χ2v) is 10.3. The molecule has 0 fully saturated rings. The van der Waals surface area contributed by atoms with E-state index in [0.29, 0.717) is 11.8 Å². The van der Waals surface area contributed by atoms with Crippen LogP contribution in [0, 0.1) is 41.5 Å². The molecule has 2 heteroatoms. The van der Waals surface area contributed by atoms with Gasteiger partial charge in [-0.2, -0.15) is 0 Å². The van der Waals surface area contributed by atoms with Crippen LogP contribution in [0.2, 0.25) is 0 Å². The van der Waals surface area contributed by atoms with Gasteiger partial charge in [-0.15, -0.1) is 0 Å². The lowest BCUT2D eigenvalue weighted by atomic mass is 9.46. The van der Waals surface area contributed by atoms with Crippen molar-refractivity contribution in [1.29, 1.82) is 0 Å². The fraction of sp³-hybridized carbons (Fsp3) is 0.400. The van der Waals surface area contributed by atoms with Crippen LogP contribution in [0.3, 0.4) is 0 Å². The largest absolute Gasteiger partial charge is 0.420 e. The average molecular weight is 425 g/mol. The summed E-state index contributed by atoms with van der Waals surface area (Å²) in [5.74, 6) is 0.912. The first-order valence-corrected chi connectivity index (χ1v) is 12.1. The highest BCUT2D eigenvalue weighted by Crippen LogP contribution is 2.33. The van der Waals surface area contributed by atoms with E-state index in [-0.39, 0.29) is 6.85 Å². The van der Waals surface area contributed by atoms with Crippen LogP contribution in [0.15, 0.2) is 42.5 Å². The van der Waals surface area contributed by atoms with Crippen molar-refractivity contribution >= 4 is 23.5 Å². The summed E-state index contributed by atoms with van der Waals surface area (Å²) in [5, 5.41) is 4.11. The first-order valence-electron chi connectivity index (χ1n) is 12.1. The third kappa shape index (κ3) is 4.80. The number of rotatable bonds is 6. The van der Waals surface area contributed by atoms with Gasteiger partial charge < -0.3 is 5.23 Å². The van der Waals surface area contributed by atoms with Gasteiger partial charge in [0, 0.05) is 5.69 Å². The summed E-state index contributed by atoms with van der Waals surface area (Å²) in [7, 11) is 0. The SMILES string of the molecule is Cc1cc(C)c(B(Nc2c(C(C)C)cccc2C(C)C)c2c(C)cc(C)cc2C)c(C)c1. The standard InChI is InChI=1S/C30H40BN/c1-18(2)26-12-11-13-27(19(3)4)30(26)32-31(28-22(7)14-20(5)15-23(28)8)29-24(9)16-21(6)17-25(29)10/h11-19,32H,1-10H3. The third-order valence-corrected chi connectivity index (χ3v) is 6.72. The number of anilines is 1. The van der Waals surface area contributed by atoms with E-state index in [1.807, 2.05) is 0 Å². The lowest BCUT2D eigenvalue weighted by Crippen LogP contribution is -2.53. The Balaban J connectivity index is 2.33. The van der Waals surface area contributed by atoms with Crippen molar-refractivity contribution in [3.63, 3.8) is 0 Å². The van der Waals surface area contributed by atoms with Crippen LogP contribution in [0.5, 0.6) is 0 Å². The van der Waals surface area contributed by atoms with Crippen molar-refractivity contribution in [2.24, 2.45) is 0 Å². The monoisotopic (exact) mass is 425 g/mol. The van der Waals surface area contributed by atoms with Gasteiger partial charge in [-0.25, -0.2) is 0 Å². The quantitative estimate of drug-likeness (QED) is 0.419. The first kappa shape index (κ1) is 24.2. The van der Waals surface area contributed by atoms with E-state index in [1.54, 1.807) is 0 Å². The van der Waals surface area contributed by atoms with Gasteiger partial charge in [0.25, 0.3) is 0 Å². The van der Waals surface area contributed by atoms with Gasteiger partial charge in [-0.3, -0.25) is 0 Å². The molecule has 0 atom stereocenters. The van der Waals surface area contributed by atoms with Gasteiger partial charge in [0.05, 0.1) is 0 Å². The van der Waals surface area contributed by atoms with Gasteiger partial charge in [0.2, 0.25) is 0 Å². The van der Waals surface area contributed by atoms with Crippen molar-refractivity contribution in [2.45, 2.75) is 81.1 Å². The van der Waals surface area contributed by atoms with Crippen LogP contribution in [0.1, 0.15) is 84.0 Å². The topological polar surface area (TPSA) is 12.0 Å². The molecule has 0 aliphatic heterocycles. The Hall–Kier alpha value is -2.48. The maximum absolute atomic E-state index is 4.11. The van der Waals surface area contributed by atoms with Crippen molar-refractivity contribution < 1.29 is 0 Å². The molecule has 0 aliphatic carbocycles. The molecular formula is C30H40BN. The normalized spacial score (nSPS) is 11.4. The molecule has 0 heterocycles. The van der Waals surface area contributed by atoms with Crippen molar-refractivity contribution in [1.82, 2.24) is 0 Å². The molecule has 0 saturated carbocycles. The highest BCUT2D eigenvalue weighted by molar-refractivity contribution is 6.89. The van der Waals surface area contributed by atoms with Gasteiger partial charge in [0.1, 0.15) is 0 Å². The summed E-state index contributed by atoms with van der Waals surface area (Å²) in [4.78, 5) is 0. The molecule has 168 valence electrons. The smallest absolute Gasteiger partial charge is 0.322 e. The second-order valence-electron chi connectivity index (χ2n) is 10.3. The molecule has 0 bridgehead atoms. The molecule has 3 aromatic carbocycles. The highest BCUT2D eigenvalue weighted by atomic mass is 14.8. The zero-order chi connectivity index (χ0) is 23.7. The van der Waals surface area contributed by atoms with E-state index in [9.17, 15) is 0 Å². The molecule has 1 nitrogen and oxygen atoms in total. The molecule has 3 aromatic rings. The molecular weight excluding hydrogens is 385 g/mol. The molecule has 0 radical (unpaired) electrons. The number of aryl methyl sites for hydroxylation is 6. The lowest BCUT2D eigenvalue weighted by molar-refractivity contribution is 0.839. The Labute approximate surface area is 196 Å². The summed E-state index contributed by atoms with van der Waals surface area (Å²) in [6.07, 6.45) is 0. The van der Waals surface area contributed by atoms with Crippen LogP contribution in [0.4, 0.5) is 5.69 Å². The molecule has 0 unspecified atom stereocenters. The molecule has 3 rings (SSSR count). The highest BCUT2D eigenvalue weighted by Gasteiger charge is 2.29. The Morgan fingerprint density at radius 3 is 1.25 bits per heavy atom. The third-order valence-electron chi connectivity index (χ3n) is 6.72. The second kappa shape index (κ2) is 9.57. The molecule has 1 N–H and O–H groups in total. The Kier molecular flexibility index (Phi) is 7.23. The predicted octanol–water partition coefficient (Wildman–Crippen LogP) is 7.00. The Bertz CT molecular complexity index is 994. The number of nitrogens with one attached hydrogen (secondary N) is 1. The van der Waals surface area contributed by atoms with Crippen LogP contribution in [-0.2, 0) is 0 Å². The van der Waals surface area contributed by atoms with Crippen LogP contribution >= 0.6 is 0 Å². The minimum Gasteiger partial charge on any atom is -0.420 e. The van der Waals surface area contributed by atoms with E-state index in [4.69, 9.17) is 0 Å². The lowest BCUT2D eigenvalue weighted by Gasteiger charge is -2.29. The van der Waals surface area contributed by atoms with Crippen LogP contribution in [0.25, 0.3) is 0 Å². The summed E-state index contributed by atoms with van der Waals surface area (Å²) in [6.45, 7) is 22.7. The summed E-state index contributed by atoms with van der Waals surface area (Å²) >= 11 is 0. The van der Waals surface area contributed by atoms with Crippen molar-refractivity contribution in [3.05, 3.63) is 87.0 Å². The van der Waals surface area contributed by atoms with Gasteiger partial charge in [-0.1, -0.05) is 104 Å². The number of hydrogen-bond acceptors (Lipinski definition) is 1. The summed E-state index contributed by atoms with van der Waals surface area (Å²) in [5.41, 5.74) is 15.0. The fourth-order valence-electron chi connectivity index (χ4n) is 5.44. The average Bonchev–Trinajstić information content (AvgIpc) is 2.65. The molecule has 0 aliphatic rings. The van der Waals surface area contributed by atoms with E-state index in [2.05, 4.69) is 117 Å². The van der Waals surface area contributed by atoms with E-state index >= 15 is 0 Å². The first-order chi connectivity index (χ1) is 15.0. The minimum absolute atomic E-state index is 0.105. The van der Waals surface area contributed by atoms with Crippen LogP contribution in [-0.4, -0.2) is 6.85 Å². The molecule has 0 spiro atoms. The van der Waals surface area contributed by atoms with Crippen molar-refractivity contribution in [3.8, 4) is 0 Å². The molecule has 32 heavy (non-hydrogen) atoms. The molecule has 0 aromatic heterocycles. The maximum atomic E-state index is 4.11. The Morgan fingerprint density at radius 2 is 0.938 bits per heavy atom. The fourth-order valence-corrected chi connectivity index (χ4v) is 5.44. The zero-order valence-electron chi connectivity index (χ0n) is 21.8. The maximum Gasteiger partial charge on any atom is 0.322 e. The molecule has 0 amide bonds. The summed E-state index contributed by atoms with van der Waals surface area (Å²) < 4.78 is 0. The number of benzene rings is 3. The number of hydrogen-bond donors (Lipinski definition) is 1. The minimum atomic E-state index is 0.105.